The number of aromatic nitrogens is 2. The molecule has 7 heteroatoms. The van der Waals surface area contributed by atoms with Crippen molar-refractivity contribution in [3.05, 3.63) is 53.9 Å². The minimum absolute atomic E-state index is 0. The van der Waals surface area contributed by atoms with Crippen molar-refractivity contribution in [3.63, 3.8) is 0 Å². The number of nitrogens with one attached hydrogen (secondary N) is 2. The molecule has 1 atom stereocenters. The number of nitrogens with zero attached hydrogens (tertiary/aromatic N) is 3. The van der Waals surface area contributed by atoms with Crippen molar-refractivity contribution in [2.45, 2.75) is 26.0 Å². The number of aliphatic imine (C=N–C) groups is 1. The number of aryl methyl sites for hydroxylation is 1. The zero-order valence-corrected chi connectivity index (χ0v) is 16.7. The monoisotopic (exact) mass is 443 g/mol. The first-order chi connectivity index (χ1) is 11.0. The molecule has 0 aliphatic heterocycles. The number of hydrogen-bond donors (Lipinski definition) is 3. The average molecular weight is 443 g/mol. The Balaban J connectivity index is 0.00000288. The van der Waals surface area contributed by atoms with E-state index in [-0.39, 0.29) is 24.0 Å². The maximum Gasteiger partial charge on any atom is 0.191 e. The van der Waals surface area contributed by atoms with E-state index in [4.69, 9.17) is 0 Å². The number of rotatable bonds is 6. The summed E-state index contributed by atoms with van der Waals surface area (Å²) in [5, 5.41) is 21.2. The highest BCUT2D eigenvalue weighted by atomic mass is 127. The fourth-order valence-electron chi connectivity index (χ4n) is 2.21. The highest BCUT2D eigenvalue weighted by molar-refractivity contribution is 14.0. The van der Waals surface area contributed by atoms with E-state index in [1.54, 1.807) is 17.8 Å². The van der Waals surface area contributed by atoms with E-state index < -0.39 is 5.60 Å². The van der Waals surface area contributed by atoms with E-state index in [1.807, 2.05) is 50.4 Å². The highest BCUT2D eigenvalue weighted by Crippen LogP contribution is 2.18. The summed E-state index contributed by atoms with van der Waals surface area (Å²) >= 11 is 0. The van der Waals surface area contributed by atoms with Crippen LogP contribution in [0.2, 0.25) is 0 Å². The Labute approximate surface area is 160 Å². The molecule has 6 nitrogen and oxygen atoms in total. The summed E-state index contributed by atoms with van der Waals surface area (Å²) in [6, 6.07) is 11.6. The normalized spacial score (nSPS) is 13.8. The first kappa shape index (κ1) is 20.4. The van der Waals surface area contributed by atoms with Gasteiger partial charge in [0.2, 0.25) is 0 Å². The number of aliphatic hydroxyl groups is 1. The van der Waals surface area contributed by atoms with Crippen molar-refractivity contribution in [1.29, 1.82) is 0 Å². The van der Waals surface area contributed by atoms with Crippen LogP contribution in [0.15, 0.2) is 47.6 Å². The van der Waals surface area contributed by atoms with Crippen LogP contribution in [0.3, 0.4) is 0 Å². The zero-order chi connectivity index (χ0) is 16.7. The molecule has 2 aromatic rings. The van der Waals surface area contributed by atoms with Crippen LogP contribution in [0.1, 0.15) is 25.1 Å². The lowest BCUT2D eigenvalue weighted by Crippen LogP contribution is -2.44. The van der Waals surface area contributed by atoms with Crippen molar-refractivity contribution in [1.82, 2.24) is 20.4 Å². The topological polar surface area (TPSA) is 74.5 Å². The average Bonchev–Trinajstić information content (AvgIpc) is 2.96. The molecule has 0 bridgehead atoms. The van der Waals surface area contributed by atoms with Crippen LogP contribution >= 0.6 is 24.0 Å². The first-order valence-corrected chi connectivity index (χ1v) is 7.80. The molecule has 1 heterocycles. The van der Waals surface area contributed by atoms with Crippen LogP contribution in [0.25, 0.3) is 0 Å². The van der Waals surface area contributed by atoms with Gasteiger partial charge in [-0.15, -0.1) is 24.0 Å². The minimum atomic E-state index is -0.968. The van der Waals surface area contributed by atoms with Gasteiger partial charge in [0.15, 0.2) is 5.96 Å². The molecule has 1 aromatic heterocycles. The zero-order valence-electron chi connectivity index (χ0n) is 14.4. The van der Waals surface area contributed by atoms with E-state index in [0.29, 0.717) is 19.0 Å². The Morgan fingerprint density at radius 1 is 1.25 bits per heavy atom. The quantitative estimate of drug-likeness (QED) is 0.363. The lowest BCUT2D eigenvalue weighted by atomic mass is 9.96. The van der Waals surface area contributed by atoms with Crippen LogP contribution in [0, 0.1) is 0 Å². The van der Waals surface area contributed by atoms with E-state index in [1.165, 1.54) is 0 Å². The van der Waals surface area contributed by atoms with Gasteiger partial charge < -0.3 is 15.7 Å². The SMILES string of the molecule is CCNC(=NCc1ccnn1C)NCC(C)(O)c1ccccc1.I. The Morgan fingerprint density at radius 3 is 2.54 bits per heavy atom. The molecule has 24 heavy (non-hydrogen) atoms. The maximum atomic E-state index is 10.6. The number of halogens is 1. The van der Waals surface area contributed by atoms with Crippen LogP contribution in [-0.4, -0.2) is 33.9 Å². The maximum absolute atomic E-state index is 10.6. The van der Waals surface area contributed by atoms with Gasteiger partial charge in [-0.2, -0.15) is 5.10 Å². The molecule has 0 aliphatic rings. The Morgan fingerprint density at radius 2 is 1.96 bits per heavy atom. The fourth-order valence-corrected chi connectivity index (χ4v) is 2.21. The number of benzene rings is 1. The van der Waals surface area contributed by atoms with Gasteiger partial charge in [0.1, 0.15) is 5.60 Å². The Bertz CT molecular complexity index is 639. The summed E-state index contributed by atoms with van der Waals surface area (Å²) in [6.45, 7) is 5.45. The third-order valence-corrected chi connectivity index (χ3v) is 3.66. The standard InChI is InChI=1S/C17H25N5O.HI/c1-4-18-16(19-12-15-10-11-21-22(15)3)20-13-17(2,23)14-8-6-5-7-9-14;/h5-11,23H,4,12-13H2,1-3H3,(H2,18,19,20);1H. The number of hydrogen-bond acceptors (Lipinski definition) is 3. The minimum Gasteiger partial charge on any atom is -0.384 e. The smallest absolute Gasteiger partial charge is 0.191 e. The molecule has 0 saturated heterocycles. The summed E-state index contributed by atoms with van der Waals surface area (Å²) in [4.78, 5) is 4.54. The summed E-state index contributed by atoms with van der Waals surface area (Å²) in [7, 11) is 1.89. The lowest BCUT2D eigenvalue weighted by molar-refractivity contribution is 0.0617. The van der Waals surface area contributed by atoms with E-state index in [9.17, 15) is 5.11 Å². The predicted octanol–water partition coefficient (Wildman–Crippen LogP) is 2.00. The molecule has 0 fully saturated rings. The van der Waals surface area contributed by atoms with Gasteiger partial charge in [-0.3, -0.25) is 4.68 Å². The fraction of sp³-hybridized carbons (Fsp3) is 0.412. The molecule has 0 spiro atoms. The summed E-state index contributed by atoms with van der Waals surface area (Å²) in [6.07, 6.45) is 1.76. The Hall–Kier alpha value is -1.61. The summed E-state index contributed by atoms with van der Waals surface area (Å²) in [5.74, 6) is 0.671. The Kier molecular flexibility index (Phi) is 8.20. The van der Waals surface area contributed by atoms with Gasteiger partial charge in [0.05, 0.1) is 18.8 Å². The molecule has 0 radical (unpaired) electrons. The molecular formula is C17H26IN5O. The van der Waals surface area contributed by atoms with Gasteiger partial charge in [0.25, 0.3) is 0 Å². The second kappa shape index (κ2) is 9.63. The van der Waals surface area contributed by atoms with Crippen LogP contribution in [-0.2, 0) is 19.2 Å². The largest absolute Gasteiger partial charge is 0.384 e. The van der Waals surface area contributed by atoms with Crippen LogP contribution in [0.4, 0.5) is 0 Å². The molecule has 0 amide bonds. The van der Waals surface area contributed by atoms with Crippen molar-refractivity contribution in [3.8, 4) is 0 Å². The van der Waals surface area contributed by atoms with Crippen molar-refractivity contribution in [2.75, 3.05) is 13.1 Å². The molecule has 0 saturated carbocycles. The van der Waals surface area contributed by atoms with E-state index >= 15 is 0 Å². The van der Waals surface area contributed by atoms with Crippen molar-refractivity contribution < 1.29 is 5.11 Å². The molecule has 1 unspecified atom stereocenters. The third kappa shape index (κ3) is 5.79. The van der Waals surface area contributed by atoms with Crippen molar-refractivity contribution >= 4 is 29.9 Å². The summed E-state index contributed by atoms with van der Waals surface area (Å²) in [5.41, 5.74) is 0.927. The summed E-state index contributed by atoms with van der Waals surface area (Å²) < 4.78 is 1.80. The highest BCUT2D eigenvalue weighted by Gasteiger charge is 2.22. The predicted molar refractivity (Wildman–Crippen MR) is 107 cm³/mol. The number of guanidine groups is 1. The van der Waals surface area contributed by atoms with Crippen LogP contribution < -0.4 is 10.6 Å². The molecule has 0 aliphatic carbocycles. The van der Waals surface area contributed by atoms with Gasteiger partial charge in [-0.1, -0.05) is 30.3 Å². The van der Waals surface area contributed by atoms with Gasteiger partial charge in [0, 0.05) is 19.8 Å². The molecule has 2 rings (SSSR count). The molecular weight excluding hydrogens is 417 g/mol. The molecule has 1 aromatic carbocycles. The van der Waals surface area contributed by atoms with E-state index in [2.05, 4.69) is 20.7 Å². The molecule has 3 N–H and O–H groups in total. The second-order valence-corrected chi connectivity index (χ2v) is 5.63. The second-order valence-electron chi connectivity index (χ2n) is 5.63. The van der Waals surface area contributed by atoms with Gasteiger partial charge in [-0.05, 0) is 25.5 Å². The third-order valence-electron chi connectivity index (χ3n) is 3.66. The first-order valence-electron chi connectivity index (χ1n) is 7.80. The van der Waals surface area contributed by atoms with Crippen LogP contribution in [0.5, 0.6) is 0 Å². The van der Waals surface area contributed by atoms with E-state index in [0.717, 1.165) is 17.8 Å². The van der Waals surface area contributed by atoms with Gasteiger partial charge >= 0.3 is 0 Å². The van der Waals surface area contributed by atoms with Gasteiger partial charge in [-0.25, -0.2) is 4.99 Å². The lowest BCUT2D eigenvalue weighted by Gasteiger charge is -2.25. The van der Waals surface area contributed by atoms with Crippen molar-refractivity contribution in [2.24, 2.45) is 12.0 Å². The molecule has 132 valence electrons.